The Labute approximate surface area is 177 Å². The highest BCUT2D eigenvalue weighted by molar-refractivity contribution is 8.04. The van der Waals surface area contributed by atoms with E-state index in [9.17, 15) is 35.1 Å². The van der Waals surface area contributed by atoms with Crippen LogP contribution in [0.1, 0.15) is 6.92 Å². The Morgan fingerprint density at radius 3 is 2.57 bits per heavy atom. The van der Waals surface area contributed by atoms with Gasteiger partial charge in [-0.15, -0.1) is 18.2 Å². The molecule has 2 rings (SSSR count). The lowest BCUT2D eigenvalue weighted by molar-refractivity contribution is -0.293. The molecule has 0 spiro atoms. The van der Waals surface area contributed by atoms with E-state index in [2.05, 4.69) is 5.92 Å². The summed E-state index contributed by atoms with van der Waals surface area (Å²) in [5.74, 6) is 1.06. The third-order valence-corrected chi connectivity index (χ3v) is 5.78. The van der Waals surface area contributed by atoms with Crippen LogP contribution < -0.4 is 5.73 Å². The SMILES string of the molecule is C#CCN1C(=O)C=C(SCC2OC(OCC(N)C(O)C(C)O)C(O)C(O)C2O)C1=O. The number of nitrogens with zero attached hydrogens (tertiary/aromatic N) is 1. The summed E-state index contributed by atoms with van der Waals surface area (Å²) in [5.41, 5.74) is 5.70. The molecule has 0 aromatic heterocycles. The molecule has 12 heteroatoms. The second-order valence-electron chi connectivity index (χ2n) is 7.00. The van der Waals surface area contributed by atoms with Crippen LogP contribution in [0.25, 0.3) is 0 Å². The van der Waals surface area contributed by atoms with Crippen LogP contribution in [0.4, 0.5) is 0 Å². The molecule has 0 aromatic carbocycles. The van der Waals surface area contributed by atoms with Gasteiger partial charge in [-0.25, -0.2) is 0 Å². The molecule has 0 saturated carbocycles. The van der Waals surface area contributed by atoms with Gasteiger partial charge in [0.25, 0.3) is 11.8 Å². The number of rotatable bonds is 9. The lowest BCUT2D eigenvalue weighted by Crippen LogP contribution is -2.59. The van der Waals surface area contributed by atoms with Crippen LogP contribution in [-0.4, -0.2) is 110 Å². The van der Waals surface area contributed by atoms with E-state index < -0.39 is 60.8 Å². The van der Waals surface area contributed by atoms with E-state index in [1.54, 1.807) is 0 Å². The molecule has 30 heavy (non-hydrogen) atoms. The molecule has 8 unspecified atom stereocenters. The number of ether oxygens (including phenoxy) is 2. The summed E-state index contributed by atoms with van der Waals surface area (Å²) in [4.78, 5) is 25.0. The Bertz CT molecular complexity index is 710. The highest BCUT2D eigenvalue weighted by atomic mass is 32.2. The van der Waals surface area contributed by atoms with E-state index in [4.69, 9.17) is 21.6 Å². The molecular weight excluding hydrogens is 420 g/mol. The fourth-order valence-electron chi connectivity index (χ4n) is 2.86. The monoisotopic (exact) mass is 446 g/mol. The number of thioether (sulfide) groups is 1. The largest absolute Gasteiger partial charge is 0.391 e. The van der Waals surface area contributed by atoms with Crippen LogP contribution >= 0.6 is 11.8 Å². The topological polar surface area (TPSA) is 183 Å². The molecule has 2 aliphatic rings. The average Bonchev–Trinajstić information content (AvgIpc) is 2.97. The summed E-state index contributed by atoms with van der Waals surface area (Å²) >= 11 is 0.924. The van der Waals surface area contributed by atoms with Crippen molar-refractivity contribution >= 4 is 23.6 Å². The zero-order valence-electron chi connectivity index (χ0n) is 16.2. The van der Waals surface area contributed by atoms with Gasteiger partial charge in [0.15, 0.2) is 6.29 Å². The van der Waals surface area contributed by atoms with Crippen molar-refractivity contribution < 1.29 is 44.6 Å². The van der Waals surface area contributed by atoms with Crippen molar-refractivity contribution in [3.8, 4) is 12.3 Å². The summed E-state index contributed by atoms with van der Waals surface area (Å²) in [6, 6.07) is -0.993. The van der Waals surface area contributed by atoms with Crippen molar-refractivity contribution in [3.63, 3.8) is 0 Å². The maximum Gasteiger partial charge on any atom is 0.268 e. The number of hydrogen-bond donors (Lipinski definition) is 6. The Kier molecular flexibility index (Phi) is 8.80. The van der Waals surface area contributed by atoms with Crippen LogP contribution in [0.3, 0.4) is 0 Å². The van der Waals surface area contributed by atoms with Crippen molar-refractivity contribution in [1.82, 2.24) is 4.90 Å². The highest BCUT2D eigenvalue weighted by Gasteiger charge is 2.45. The van der Waals surface area contributed by atoms with Crippen LogP contribution in [0, 0.1) is 12.3 Å². The van der Waals surface area contributed by atoms with Crippen LogP contribution in [-0.2, 0) is 19.1 Å². The normalized spacial score (nSPS) is 32.5. The number of terminal acetylenes is 1. The summed E-state index contributed by atoms with van der Waals surface area (Å²) < 4.78 is 10.8. The summed E-state index contributed by atoms with van der Waals surface area (Å²) in [5, 5.41) is 49.4. The van der Waals surface area contributed by atoms with Crippen molar-refractivity contribution in [2.45, 2.75) is 55.9 Å². The van der Waals surface area contributed by atoms with Crippen LogP contribution in [0.2, 0.25) is 0 Å². The number of carbonyl (C=O) groups is 2. The molecule has 0 bridgehead atoms. The minimum atomic E-state index is -1.61. The number of amides is 2. The lowest BCUT2D eigenvalue weighted by atomic mass is 10.00. The molecule has 0 aromatic rings. The molecule has 11 nitrogen and oxygen atoms in total. The first-order valence-electron chi connectivity index (χ1n) is 9.15. The third-order valence-electron chi connectivity index (χ3n) is 4.68. The molecule has 8 atom stereocenters. The minimum absolute atomic E-state index is 0.0398. The zero-order chi connectivity index (χ0) is 22.6. The summed E-state index contributed by atoms with van der Waals surface area (Å²) in [6.07, 6.45) is -3.27. The van der Waals surface area contributed by atoms with Crippen LogP contribution in [0.5, 0.6) is 0 Å². The van der Waals surface area contributed by atoms with Gasteiger partial charge in [-0.2, -0.15) is 0 Å². The second-order valence-corrected chi connectivity index (χ2v) is 8.06. The first-order chi connectivity index (χ1) is 14.1. The minimum Gasteiger partial charge on any atom is -0.391 e. The maximum atomic E-state index is 12.2. The number of imide groups is 1. The fraction of sp³-hybridized carbons (Fsp3) is 0.667. The van der Waals surface area contributed by atoms with E-state index in [1.807, 2.05) is 0 Å². The number of aliphatic hydroxyl groups is 5. The molecule has 2 heterocycles. The standard InChI is InChI=1S/C18H26N2O9S/c1-3-4-20-12(22)5-11(17(20)27)30-7-10-14(24)15(25)16(26)18(29-10)28-6-9(19)13(23)8(2)21/h1,5,8-10,13-16,18,21,23-26H,4,6-7,19H2,2H3. The third kappa shape index (κ3) is 5.58. The van der Waals surface area contributed by atoms with Crippen molar-refractivity contribution in [2.75, 3.05) is 18.9 Å². The molecule has 1 saturated heterocycles. The number of carbonyl (C=O) groups excluding carboxylic acids is 2. The molecular formula is C18H26N2O9S. The molecule has 1 fully saturated rings. The number of hydrogen-bond acceptors (Lipinski definition) is 11. The summed E-state index contributed by atoms with van der Waals surface area (Å²) in [6.45, 7) is 0.869. The van der Waals surface area contributed by atoms with Crippen molar-refractivity contribution in [3.05, 3.63) is 11.0 Å². The smallest absolute Gasteiger partial charge is 0.268 e. The van der Waals surface area contributed by atoms with Crippen molar-refractivity contribution in [1.29, 1.82) is 0 Å². The molecule has 7 N–H and O–H groups in total. The Hall–Kier alpha value is -1.53. The van der Waals surface area contributed by atoms with Crippen molar-refractivity contribution in [2.24, 2.45) is 5.73 Å². The van der Waals surface area contributed by atoms with Crippen LogP contribution in [0.15, 0.2) is 11.0 Å². The van der Waals surface area contributed by atoms with E-state index in [-0.39, 0.29) is 23.8 Å². The lowest BCUT2D eigenvalue weighted by Gasteiger charge is -2.40. The Balaban J connectivity index is 1.96. The van der Waals surface area contributed by atoms with Gasteiger partial charge in [-0.1, -0.05) is 5.92 Å². The zero-order valence-corrected chi connectivity index (χ0v) is 17.0. The molecule has 168 valence electrons. The van der Waals surface area contributed by atoms with E-state index in [0.29, 0.717) is 0 Å². The number of nitrogens with two attached hydrogens (primary N) is 1. The van der Waals surface area contributed by atoms with Gasteiger partial charge < -0.3 is 40.7 Å². The predicted molar refractivity (Wildman–Crippen MR) is 104 cm³/mol. The van der Waals surface area contributed by atoms with E-state index in [0.717, 1.165) is 22.7 Å². The van der Waals surface area contributed by atoms with Gasteiger partial charge in [0.2, 0.25) is 0 Å². The van der Waals surface area contributed by atoms with Gasteiger partial charge in [-0.3, -0.25) is 14.5 Å². The average molecular weight is 446 g/mol. The van der Waals surface area contributed by atoms with Gasteiger partial charge in [0.05, 0.1) is 42.4 Å². The van der Waals surface area contributed by atoms with Gasteiger partial charge in [-0.05, 0) is 6.92 Å². The van der Waals surface area contributed by atoms with Gasteiger partial charge >= 0.3 is 0 Å². The summed E-state index contributed by atoms with van der Waals surface area (Å²) in [7, 11) is 0. The first-order valence-corrected chi connectivity index (χ1v) is 10.1. The first kappa shape index (κ1) is 24.7. The molecule has 0 aliphatic carbocycles. The molecule has 2 aliphatic heterocycles. The maximum absolute atomic E-state index is 12.2. The Morgan fingerprint density at radius 1 is 1.30 bits per heavy atom. The molecule has 2 amide bonds. The van der Waals surface area contributed by atoms with Gasteiger partial charge in [0, 0.05) is 11.8 Å². The fourth-order valence-corrected chi connectivity index (χ4v) is 3.89. The van der Waals surface area contributed by atoms with Gasteiger partial charge in [0.1, 0.15) is 18.3 Å². The molecule has 0 radical (unpaired) electrons. The number of aliphatic hydroxyl groups excluding tert-OH is 5. The highest BCUT2D eigenvalue weighted by Crippen LogP contribution is 2.30. The predicted octanol–water partition coefficient (Wildman–Crippen LogP) is -3.50. The quantitative estimate of drug-likeness (QED) is 0.153. The Morgan fingerprint density at radius 2 is 1.97 bits per heavy atom. The van der Waals surface area contributed by atoms with E-state index in [1.165, 1.54) is 6.92 Å². The van der Waals surface area contributed by atoms with E-state index >= 15 is 0 Å². The second kappa shape index (κ2) is 10.7.